The van der Waals surface area contributed by atoms with Gasteiger partial charge in [-0.1, -0.05) is 12.2 Å². The van der Waals surface area contributed by atoms with Gasteiger partial charge in [0.05, 0.1) is 6.04 Å². The summed E-state index contributed by atoms with van der Waals surface area (Å²) < 4.78 is 0. The maximum Gasteiger partial charge on any atom is 0.235 e. The predicted molar refractivity (Wildman–Crippen MR) is 54.0 cm³/mol. The van der Waals surface area contributed by atoms with Crippen LogP contribution in [0.1, 0.15) is 0 Å². The smallest absolute Gasteiger partial charge is 0.235 e. The number of rotatable bonds is 7. The summed E-state index contributed by atoms with van der Waals surface area (Å²) >= 11 is 0. The summed E-state index contributed by atoms with van der Waals surface area (Å²) in [6, 6.07) is -0.625. The minimum Gasteiger partial charge on any atom is -0.368 e. The summed E-state index contributed by atoms with van der Waals surface area (Å²) in [5, 5.41) is 0. The van der Waals surface area contributed by atoms with Crippen LogP contribution in [0.15, 0.2) is 25.3 Å². The van der Waals surface area contributed by atoms with Crippen LogP contribution in [0.5, 0.6) is 0 Å². The van der Waals surface area contributed by atoms with Gasteiger partial charge >= 0.3 is 0 Å². The monoisotopic (exact) mass is 183 g/mol. The molecule has 1 unspecified atom stereocenters. The first-order valence-corrected chi connectivity index (χ1v) is 4.10. The highest BCUT2D eigenvalue weighted by molar-refractivity contribution is 5.79. The van der Waals surface area contributed by atoms with Crippen molar-refractivity contribution in [2.24, 2.45) is 11.5 Å². The molecule has 13 heavy (non-hydrogen) atoms. The SMILES string of the molecule is C=CCN(CC=C)CC(N)C(N)=O. The number of primary amides is 1. The zero-order chi connectivity index (χ0) is 10.3. The Morgan fingerprint density at radius 1 is 1.38 bits per heavy atom. The first kappa shape index (κ1) is 11.9. The van der Waals surface area contributed by atoms with Crippen molar-refractivity contribution in [3.63, 3.8) is 0 Å². The van der Waals surface area contributed by atoms with Gasteiger partial charge in [0.25, 0.3) is 0 Å². The lowest BCUT2D eigenvalue weighted by molar-refractivity contribution is -0.119. The van der Waals surface area contributed by atoms with Crippen LogP contribution in [-0.2, 0) is 4.79 Å². The van der Waals surface area contributed by atoms with Gasteiger partial charge in [-0.3, -0.25) is 9.69 Å². The van der Waals surface area contributed by atoms with Crippen molar-refractivity contribution in [1.82, 2.24) is 4.90 Å². The van der Waals surface area contributed by atoms with E-state index in [4.69, 9.17) is 11.5 Å². The van der Waals surface area contributed by atoms with Gasteiger partial charge < -0.3 is 11.5 Å². The second-order valence-corrected chi connectivity index (χ2v) is 2.80. The topological polar surface area (TPSA) is 72.3 Å². The lowest BCUT2D eigenvalue weighted by atomic mass is 10.2. The molecule has 4 nitrogen and oxygen atoms in total. The maximum atomic E-state index is 10.7. The first-order chi connectivity index (χ1) is 6.11. The Bertz CT molecular complexity index is 181. The molecule has 0 aliphatic heterocycles. The lowest BCUT2D eigenvalue weighted by Crippen LogP contribution is -2.46. The average Bonchev–Trinajstić information content (AvgIpc) is 2.05. The summed E-state index contributed by atoms with van der Waals surface area (Å²) in [4.78, 5) is 12.6. The second kappa shape index (κ2) is 6.39. The maximum absolute atomic E-state index is 10.7. The molecule has 0 rings (SSSR count). The normalized spacial score (nSPS) is 12.5. The molecule has 74 valence electrons. The Morgan fingerprint density at radius 2 is 1.85 bits per heavy atom. The zero-order valence-electron chi connectivity index (χ0n) is 7.78. The fourth-order valence-electron chi connectivity index (χ4n) is 0.957. The third-order valence-corrected chi connectivity index (χ3v) is 1.59. The third-order valence-electron chi connectivity index (χ3n) is 1.59. The first-order valence-electron chi connectivity index (χ1n) is 4.10. The molecule has 4 N–H and O–H groups in total. The highest BCUT2D eigenvalue weighted by atomic mass is 16.1. The van der Waals surface area contributed by atoms with Gasteiger partial charge in [-0.05, 0) is 0 Å². The molecule has 0 saturated heterocycles. The fraction of sp³-hybridized carbons (Fsp3) is 0.444. The van der Waals surface area contributed by atoms with Crippen LogP contribution < -0.4 is 11.5 Å². The van der Waals surface area contributed by atoms with Crippen LogP contribution in [0, 0.1) is 0 Å². The number of carbonyl (C=O) groups is 1. The zero-order valence-corrected chi connectivity index (χ0v) is 7.78. The molecule has 0 fully saturated rings. The van der Waals surface area contributed by atoms with Crippen LogP contribution in [0.25, 0.3) is 0 Å². The van der Waals surface area contributed by atoms with E-state index in [-0.39, 0.29) is 0 Å². The molecule has 0 aromatic heterocycles. The molecule has 0 heterocycles. The highest BCUT2D eigenvalue weighted by Crippen LogP contribution is 1.91. The Kier molecular flexibility index (Phi) is 5.84. The van der Waals surface area contributed by atoms with E-state index >= 15 is 0 Å². The molecule has 1 atom stereocenters. The van der Waals surface area contributed by atoms with Crippen molar-refractivity contribution in [2.45, 2.75) is 6.04 Å². The number of nitrogens with zero attached hydrogens (tertiary/aromatic N) is 1. The Labute approximate surface area is 78.9 Å². The summed E-state index contributed by atoms with van der Waals surface area (Å²) in [5.74, 6) is -0.488. The van der Waals surface area contributed by atoms with Gasteiger partial charge in [0, 0.05) is 19.6 Å². The van der Waals surface area contributed by atoms with E-state index < -0.39 is 11.9 Å². The van der Waals surface area contributed by atoms with E-state index in [1.54, 1.807) is 12.2 Å². The van der Waals surface area contributed by atoms with Gasteiger partial charge in [-0.25, -0.2) is 0 Å². The van der Waals surface area contributed by atoms with Gasteiger partial charge in [0.1, 0.15) is 0 Å². The molecule has 0 aromatic carbocycles. The van der Waals surface area contributed by atoms with E-state index in [2.05, 4.69) is 13.2 Å². The van der Waals surface area contributed by atoms with E-state index in [9.17, 15) is 4.79 Å². The quantitative estimate of drug-likeness (QED) is 0.521. The molecule has 0 bridgehead atoms. The van der Waals surface area contributed by atoms with Crippen molar-refractivity contribution in [1.29, 1.82) is 0 Å². The standard InChI is InChI=1S/C9H17N3O/c1-3-5-12(6-4-2)7-8(10)9(11)13/h3-4,8H,1-2,5-7,10H2,(H2,11,13). The van der Waals surface area contributed by atoms with Crippen LogP contribution in [0.3, 0.4) is 0 Å². The predicted octanol–water partition coefficient (Wildman–Crippen LogP) is -0.527. The minimum absolute atomic E-state index is 0.438. The summed E-state index contributed by atoms with van der Waals surface area (Å²) in [7, 11) is 0. The third kappa shape index (κ3) is 5.16. The summed E-state index contributed by atoms with van der Waals surface area (Å²) in [6.07, 6.45) is 3.49. The molecule has 1 amide bonds. The number of hydrogen-bond acceptors (Lipinski definition) is 3. The van der Waals surface area contributed by atoms with Gasteiger partial charge in [0.15, 0.2) is 0 Å². The van der Waals surface area contributed by atoms with Crippen molar-refractivity contribution in [2.75, 3.05) is 19.6 Å². The van der Waals surface area contributed by atoms with Gasteiger partial charge in [0.2, 0.25) is 5.91 Å². The Balaban J connectivity index is 3.99. The van der Waals surface area contributed by atoms with E-state index in [1.165, 1.54) is 0 Å². The second-order valence-electron chi connectivity index (χ2n) is 2.80. The molecule has 0 aliphatic rings. The molecular formula is C9H17N3O. The van der Waals surface area contributed by atoms with Crippen LogP contribution in [-0.4, -0.2) is 36.5 Å². The minimum atomic E-state index is -0.625. The van der Waals surface area contributed by atoms with Crippen LogP contribution in [0.4, 0.5) is 0 Å². The van der Waals surface area contributed by atoms with Crippen molar-refractivity contribution in [3.8, 4) is 0 Å². The van der Waals surface area contributed by atoms with Crippen molar-refractivity contribution in [3.05, 3.63) is 25.3 Å². The number of carbonyl (C=O) groups excluding carboxylic acids is 1. The van der Waals surface area contributed by atoms with E-state index in [1.807, 2.05) is 4.90 Å². The van der Waals surface area contributed by atoms with Crippen LogP contribution >= 0.6 is 0 Å². The summed E-state index contributed by atoms with van der Waals surface area (Å²) in [5.41, 5.74) is 10.5. The average molecular weight is 183 g/mol. The molecule has 0 aromatic rings. The van der Waals surface area contributed by atoms with E-state index in [0.717, 1.165) is 0 Å². The van der Waals surface area contributed by atoms with Crippen molar-refractivity contribution < 1.29 is 4.79 Å². The molecule has 4 heteroatoms. The molecule has 0 radical (unpaired) electrons. The highest BCUT2D eigenvalue weighted by Gasteiger charge is 2.12. The number of nitrogens with two attached hydrogens (primary N) is 2. The van der Waals surface area contributed by atoms with Gasteiger partial charge in [-0.2, -0.15) is 0 Å². The van der Waals surface area contributed by atoms with E-state index in [0.29, 0.717) is 19.6 Å². The molecule has 0 aliphatic carbocycles. The van der Waals surface area contributed by atoms with Crippen molar-refractivity contribution >= 4 is 5.91 Å². The Hall–Kier alpha value is -1.13. The molecule has 0 spiro atoms. The Morgan fingerprint density at radius 3 is 2.15 bits per heavy atom. The molecule has 0 saturated carbocycles. The fourth-order valence-corrected chi connectivity index (χ4v) is 0.957. The lowest BCUT2D eigenvalue weighted by Gasteiger charge is -2.20. The number of hydrogen-bond donors (Lipinski definition) is 2. The van der Waals surface area contributed by atoms with Crippen LogP contribution in [0.2, 0.25) is 0 Å². The molecular weight excluding hydrogens is 166 g/mol. The van der Waals surface area contributed by atoms with Gasteiger partial charge in [-0.15, -0.1) is 13.2 Å². The largest absolute Gasteiger partial charge is 0.368 e. The summed E-state index contributed by atoms with van der Waals surface area (Å²) in [6.45, 7) is 8.99. The number of amides is 1.